The molecule has 4 nitrogen and oxygen atoms in total. The Morgan fingerprint density at radius 2 is 1.92 bits per heavy atom. The molecule has 0 saturated carbocycles. The largest absolute Gasteiger partial charge is 0.408 e. The number of nitrogens with zero attached hydrogens (tertiary/aromatic N) is 3. The van der Waals surface area contributed by atoms with Gasteiger partial charge in [0.05, 0.1) is 11.7 Å². The van der Waals surface area contributed by atoms with E-state index in [9.17, 15) is 22.0 Å². The third kappa shape index (κ3) is 3.66. The molecule has 0 aliphatic rings. The van der Waals surface area contributed by atoms with Crippen molar-refractivity contribution < 1.29 is 26.8 Å². The lowest BCUT2D eigenvalue weighted by molar-refractivity contribution is -0.141. The summed E-state index contributed by atoms with van der Waals surface area (Å²) in [5.74, 6) is -1.58. The topological polar surface area (TPSA) is 39.4 Å². The number of aromatic nitrogens is 2. The Balaban J connectivity index is 2.06. The van der Waals surface area contributed by atoms with E-state index in [2.05, 4.69) is 10.3 Å². The molecule has 0 bridgehead atoms. The van der Waals surface area contributed by atoms with E-state index >= 15 is 0 Å². The second-order valence-electron chi connectivity index (χ2n) is 5.44. The van der Waals surface area contributed by atoms with Gasteiger partial charge in [0.1, 0.15) is 31.0 Å². The Morgan fingerprint density at radius 1 is 1.15 bits per heavy atom. The first-order valence-electron chi connectivity index (χ1n) is 7.38. The van der Waals surface area contributed by atoms with Gasteiger partial charge in [-0.3, -0.25) is 4.68 Å². The van der Waals surface area contributed by atoms with Gasteiger partial charge in [0.2, 0.25) is 0 Å². The summed E-state index contributed by atoms with van der Waals surface area (Å²) in [5, 5.41) is 7.92. The van der Waals surface area contributed by atoms with Gasteiger partial charge >= 0.3 is 6.18 Å². The number of hydrogen-bond donors (Lipinski definition) is 0. The molecule has 3 aromatic rings. The zero-order chi connectivity index (χ0) is 18.9. The molecule has 1 aromatic heterocycles. The van der Waals surface area contributed by atoms with Crippen LogP contribution in [-0.2, 0) is 11.4 Å². The Morgan fingerprint density at radius 3 is 2.58 bits per heavy atom. The van der Waals surface area contributed by atoms with E-state index in [0.717, 1.165) is 10.7 Å². The number of halogens is 5. The zero-order valence-electron chi connectivity index (χ0n) is 13.4. The lowest BCUT2D eigenvalue weighted by atomic mass is 10.0. The van der Waals surface area contributed by atoms with Gasteiger partial charge in [0, 0.05) is 22.6 Å². The van der Waals surface area contributed by atoms with Crippen molar-refractivity contribution in [2.24, 2.45) is 5.16 Å². The average molecular weight is 369 g/mol. The summed E-state index contributed by atoms with van der Waals surface area (Å²) in [7, 11) is 1.27. The summed E-state index contributed by atoms with van der Waals surface area (Å²) < 4.78 is 65.8. The van der Waals surface area contributed by atoms with Crippen LogP contribution in [-0.4, -0.2) is 28.8 Å². The summed E-state index contributed by atoms with van der Waals surface area (Å²) in [5.41, 5.74) is 0.726. The quantitative estimate of drug-likeness (QED) is 0.391. The maximum absolute atomic E-state index is 14.1. The van der Waals surface area contributed by atoms with Crippen LogP contribution < -0.4 is 0 Å². The second kappa shape index (κ2) is 6.74. The summed E-state index contributed by atoms with van der Waals surface area (Å²) in [6, 6.07) is 7.40. The van der Waals surface area contributed by atoms with Crippen molar-refractivity contribution in [2.75, 3.05) is 7.11 Å². The molecule has 9 heteroatoms. The molecular formula is C17H12F5N3O. The van der Waals surface area contributed by atoms with Crippen LogP contribution in [0.4, 0.5) is 22.0 Å². The molecule has 0 N–H and O–H groups in total. The number of hydrogen-bond acceptors (Lipinski definition) is 3. The molecule has 26 heavy (non-hydrogen) atoms. The van der Waals surface area contributed by atoms with E-state index in [4.69, 9.17) is 4.84 Å². The highest BCUT2D eigenvalue weighted by molar-refractivity contribution is 6.14. The molecule has 0 spiro atoms. The number of alkyl halides is 3. The number of fused-ring (bicyclic) bond motifs is 1. The molecule has 0 unspecified atom stereocenters. The Bertz CT molecular complexity index is 978. The fraction of sp³-hybridized carbons (Fsp3) is 0.176. The molecule has 0 saturated heterocycles. The van der Waals surface area contributed by atoms with Crippen LogP contribution in [0, 0.1) is 11.6 Å². The predicted octanol–water partition coefficient (Wildman–Crippen LogP) is 4.28. The van der Waals surface area contributed by atoms with Crippen molar-refractivity contribution in [3.8, 4) is 0 Å². The van der Waals surface area contributed by atoms with Crippen molar-refractivity contribution in [2.45, 2.75) is 12.7 Å². The third-order valence-electron chi connectivity index (χ3n) is 3.61. The maximum Gasteiger partial charge on any atom is 0.408 e. The smallest absolute Gasteiger partial charge is 0.399 e. The van der Waals surface area contributed by atoms with Crippen molar-refractivity contribution in [3.63, 3.8) is 0 Å². The second-order valence-corrected chi connectivity index (χ2v) is 5.44. The van der Waals surface area contributed by atoms with Crippen LogP contribution in [0.1, 0.15) is 11.1 Å². The minimum absolute atomic E-state index is 0.00437. The van der Waals surface area contributed by atoms with Gasteiger partial charge in [-0.15, -0.1) is 0 Å². The van der Waals surface area contributed by atoms with Gasteiger partial charge in [0.15, 0.2) is 0 Å². The molecule has 0 radical (unpaired) electrons. The first kappa shape index (κ1) is 17.8. The highest BCUT2D eigenvalue weighted by Gasteiger charge is 2.29. The van der Waals surface area contributed by atoms with E-state index in [1.165, 1.54) is 37.6 Å². The summed E-state index contributed by atoms with van der Waals surface area (Å²) in [6.07, 6.45) is -3.13. The van der Waals surface area contributed by atoms with E-state index in [1.54, 1.807) is 0 Å². The molecule has 0 atom stereocenters. The van der Waals surface area contributed by atoms with Crippen molar-refractivity contribution in [1.82, 2.24) is 9.78 Å². The molecule has 0 aliphatic carbocycles. The van der Waals surface area contributed by atoms with Gasteiger partial charge < -0.3 is 4.84 Å². The fourth-order valence-electron chi connectivity index (χ4n) is 2.56. The minimum atomic E-state index is -4.41. The van der Waals surface area contributed by atoms with Crippen LogP contribution in [0.25, 0.3) is 10.9 Å². The van der Waals surface area contributed by atoms with Crippen LogP contribution in [0.5, 0.6) is 0 Å². The van der Waals surface area contributed by atoms with Crippen molar-refractivity contribution in [1.29, 1.82) is 0 Å². The Kier molecular flexibility index (Phi) is 4.62. The highest BCUT2D eigenvalue weighted by atomic mass is 19.4. The molecule has 2 aromatic carbocycles. The maximum atomic E-state index is 14.1. The van der Waals surface area contributed by atoms with Gasteiger partial charge in [-0.1, -0.05) is 11.2 Å². The van der Waals surface area contributed by atoms with Crippen LogP contribution in [0.2, 0.25) is 0 Å². The normalized spacial score (nSPS) is 12.6. The summed E-state index contributed by atoms with van der Waals surface area (Å²) >= 11 is 0. The molecule has 1 heterocycles. The molecule has 0 fully saturated rings. The number of rotatable bonds is 4. The zero-order valence-corrected chi connectivity index (χ0v) is 13.4. The monoisotopic (exact) mass is 369 g/mol. The summed E-state index contributed by atoms with van der Waals surface area (Å²) in [6.45, 7) is -1.22. The molecule has 0 aliphatic heterocycles. The number of benzene rings is 2. The Labute approximate surface area is 144 Å². The first-order valence-corrected chi connectivity index (χ1v) is 7.38. The fourth-order valence-corrected chi connectivity index (χ4v) is 2.56. The van der Waals surface area contributed by atoms with Crippen LogP contribution in [0.3, 0.4) is 0 Å². The van der Waals surface area contributed by atoms with Crippen molar-refractivity contribution >= 4 is 16.6 Å². The van der Waals surface area contributed by atoms with Crippen molar-refractivity contribution in [3.05, 3.63) is 65.4 Å². The van der Waals surface area contributed by atoms with Gasteiger partial charge in [0.25, 0.3) is 0 Å². The van der Waals surface area contributed by atoms with Gasteiger partial charge in [-0.25, -0.2) is 8.78 Å². The first-order chi connectivity index (χ1) is 12.3. The third-order valence-corrected chi connectivity index (χ3v) is 3.61. The van der Waals surface area contributed by atoms with Crippen LogP contribution >= 0.6 is 0 Å². The van der Waals surface area contributed by atoms with E-state index in [-0.39, 0.29) is 16.8 Å². The lowest BCUT2D eigenvalue weighted by Gasteiger charge is -2.09. The average Bonchev–Trinajstić information content (AvgIpc) is 2.94. The SMILES string of the molecule is CO/N=C(/c1ccc2c(cnn2CC(F)(F)F)c1)c1ccc(F)cc1F. The van der Waals surface area contributed by atoms with E-state index < -0.39 is 24.4 Å². The molecule has 0 amide bonds. The predicted molar refractivity (Wildman–Crippen MR) is 84.8 cm³/mol. The van der Waals surface area contributed by atoms with Gasteiger partial charge in [-0.2, -0.15) is 18.3 Å². The standard InChI is InChI=1S/C17H12F5N3O/c1-26-24-16(13-4-3-12(18)7-14(13)19)10-2-5-15-11(6-10)8-23-25(15)9-17(20,21)22/h2-8H,9H2,1H3/b24-16-. The van der Waals surface area contributed by atoms with E-state index in [0.29, 0.717) is 17.0 Å². The van der Waals surface area contributed by atoms with Gasteiger partial charge in [-0.05, 0) is 24.3 Å². The van der Waals surface area contributed by atoms with Crippen LogP contribution in [0.15, 0.2) is 47.8 Å². The van der Waals surface area contributed by atoms with E-state index in [1.807, 2.05) is 0 Å². The Hall–Kier alpha value is -2.97. The molecular weight excluding hydrogens is 357 g/mol. The lowest BCUT2D eigenvalue weighted by Crippen LogP contribution is -2.18. The number of oxime groups is 1. The highest BCUT2D eigenvalue weighted by Crippen LogP contribution is 2.24. The minimum Gasteiger partial charge on any atom is -0.399 e. The molecule has 136 valence electrons. The molecule has 3 rings (SSSR count). The summed E-state index contributed by atoms with van der Waals surface area (Å²) in [4.78, 5) is 4.74.